The van der Waals surface area contributed by atoms with Crippen LogP contribution in [0.15, 0.2) is 55.1 Å². The van der Waals surface area contributed by atoms with Crippen molar-refractivity contribution in [2.75, 3.05) is 5.32 Å². The number of benzene rings is 1. The van der Waals surface area contributed by atoms with Gasteiger partial charge in [-0.25, -0.2) is 4.39 Å². The van der Waals surface area contributed by atoms with E-state index >= 15 is 0 Å². The van der Waals surface area contributed by atoms with Crippen LogP contribution in [-0.2, 0) is 11.3 Å². The normalized spacial score (nSPS) is 10.6. The number of amides is 1. The van der Waals surface area contributed by atoms with E-state index in [1.807, 2.05) is 12.1 Å². The predicted molar refractivity (Wildman–Crippen MR) is 79.0 cm³/mol. The van der Waals surface area contributed by atoms with E-state index in [9.17, 15) is 9.18 Å². The summed E-state index contributed by atoms with van der Waals surface area (Å²) in [7, 11) is 0. The van der Waals surface area contributed by atoms with Gasteiger partial charge in [0.15, 0.2) is 0 Å². The van der Waals surface area contributed by atoms with E-state index in [1.54, 1.807) is 40.1 Å². The molecule has 2 heterocycles. The number of halogens is 1. The molecule has 0 saturated carbocycles. The fourth-order valence-corrected chi connectivity index (χ4v) is 2.10. The number of aromatic nitrogens is 4. The minimum atomic E-state index is -0.357. The number of nitrogens with zero attached hydrogens (tertiary/aromatic N) is 4. The van der Waals surface area contributed by atoms with Gasteiger partial charge in [0.1, 0.15) is 5.82 Å². The van der Waals surface area contributed by atoms with Gasteiger partial charge in [0.25, 0.3) is 0 Å². The molecule has 0 saturated heterocycles. The Labute approximate surface area is 126 Å². The second kappa shape index (κ2) is 6.21. The Bertz CT molecular complexity index is 752. The molecular weight excluding hydrogens is 285 g/mol. The summed E-state index contributed by atoms with van der Waals surface area (Å²) >= 11 is 0. The third kappa shape index (κ3) is 3.20. The first kappa shape index (κ1) is 14.0. The molecule has 6 nitrogen and oxygen atoms in total. The molecule has 0 atom stereocenters. The van der Waals surface area contributed by atoms with Gasteiger partial charge in [-0.2, -0.15) is 0 Å². The summed E-state index contributed by atoms with van der Waals surface area (Å²) in [6, 6.07) is 7.92. The lowest BCUT2D eigenvalue weighted by Gasteiger charge is -2.12. The van der Waals surface area contributed by atoms with Crippen molar-refractivity contribution in [3.05, 3.63) is 60.9 Å². The van der Waals surface area contributed by atoms with Crippen molar-refractivity contribution >= 4 is 11.6 Å². The first-order valence-corrected chi connectivity index (χ1v) is 6.79. The molecule has 0 aliphatic rings. The lowest BCUT2D eigenvalue weighted by molar-refractivity contribution is -0.116. The van der Waals surface area contributed by atoms with Crippen LogP contribution >= 0.6 is 0 Å². The first-order valence-electron chi connectivity index (χ1n) is 6.79. The molecule has 1 N–H and O–H groups in total. The van der Waals surface area contributed by atoms with Crippen LogP contribution in [0, 0.1) is 5.82 Å². The van der Waals surface area contributed by atoms with E-state index in [0.717, 1.165) is 0 Å². The van der Waals surface area contributed by atoms with Crippen LogP contribution in [0.3, 0.4) is 0 Å². The fourth-order valence-electron chi connectivity index (χ4n) is 2.10. The highest BCUT2D eigenvalue weighted by Crippen LogP contribution is 2.22. The average molecular weight is 299 g/mol. The van der Waals surface area contributed by atoms with Crippen LogP contribution in [0.4, 0.5) is 10.1 Å². The molecule has 112 valence electrons. The van der Waals surface area contributed by atoms with Gasteiger partial charge >= 0.3 is 0 Å². The molecule has 3 aromatic rings. The summed E-state index contributed by atoms with van der Waals surface area (Å²) in [6.45, 7) is 0.436. The molecule has 0 fully saturated rings. The van der Waals surface area contributed by atoms with E-state index in [4.69, 9.17) is 0 Å². The second-order valence-electron chi connectivity index (χ2n) is 4.72. The number of anilines is 1. The van der Waals surface area contributed by atoms with Crippen molar-refractivity contribution in [1.29, 1.82) is 0 Å². The van der Waals surface area contributed by atoms with Gasteiger partial charge in [-0.05, 0) is 30.3 Å². The molecule has 22 heavy (non-hydrogen) atoms. The Kier molecular flexibility index (Phi) is 3.95. The summed E-state index contributed by atoms with van der Waals surface area (Å²) in [5.74, 6) is -0.528. The van der Waals surface area contributed by atoms with Crippen molar-refractivity contribution in [2.24, 2.45) is 0 Å². The number of nitrogens with one attached hydrogen (secondary N) is 1. The summed E-state index contributed by atoms with van der Waals surface area (Å²) in [4.78, 5) is 12.0. The Balaban J connectivity index is 1.73. The smallest absolute Gasteiger partial charge is 0.226 e. The Morgan fingerprint density at radius 2 is 2.05 bits per heavy atom. The molecular formula is C15H14FN5O. The zero-order chi connectivity index (χ0) is 15.4. The zero-order valence-electron chi connectivity index (χ0n) is 11.7. The third-order valence-corrected chi connectivity index (χ3v) is 3.16. The van der Waals surface area contributed by atoms with E-state index in [2.05, 4.69) is 15.6 Å². The topological polar surface area (TPSA) is 64.7 Å². The Morgan fingerprint density at radius 1 is 1.23 bits per heavy atom. The molecule has 1 amide bonds. The number of hydrogen-bond donors (Lipinski definition) is 1. The van der Waals surface area contributed by atoms with Gasteiger partial charge in [0.05, 0.1) is 24.1 Å². The zero-order valence-corrected chi connectivity index (χ0v) is 11.7. The van der Waals surface area contributed by atoms with Crippen LogP contribution in [0.25, 0.3) is 5.69 Å². The van der Waals surface area contributed by atoms with Crippen LogP contribution < -0.4 is 5.32 Å². The molecule has 0 radical (unpaired) electrons. The molecule has 0 spiro atoms. The summed E-state index contributed by atoms with van der Waals surface area (Å²) < 4.78 is 16.8. The minimum Gasteiger partial charge on any atom is -0.324 e. The monoisotopic (exact) mass is 299 g/mol. The Hall–Kier alpha value is -2.96. The molecule has 3 rings (SSSR count). The lowest BCUT2D eigenvalue weighted by atomic mass is 10.2. The summed E-state index contributed by atoms with van der Waals surface area (Å²) in [5.41, 5.74) is 1.14. The van der Waals surface area contributed by atoms with Crippen molar-refractivity contribution < 1.29 is 9.18 Å². The number of rotatable bonds is 5. The largest absolute Gasteiger partial charge is 0.324 e. The quantitative estimate of drug-likeness (QED) is 0.785. The van der Waals surface area contributed by atoms with Gasteiger partial charge in [0.2, 0.25) is 5.91 Å². The maximum absolute atomic E-state index is 13.5. The minimum absolute atomic E-state index is 0.171. The lowest BCUT2D eigenvalue weighted by Crippen LogP contribution is -2.16. The van der Waals surface area contributed by atoms with E-state index in [1.165, 1.54) is 12.1 Å². The van der Waals surface area contributed by atoms with Crippen molar-refractivity contribution in [3.8, 4) is 5.69 Å². The fraction of sp³-hybridized carbons (Fsp3) is 0.133. The number of carbonyl (C=O) groups excluding carboxylic acids is 1. The maximum Gasteiger partial charge on any atom is 0.226 e. The highest BCUT2D eigenvalue weighted by atomic mass is 19.1. The number of aryl methyl sites for hydroxylation is 1. The molecule has 0 bridgehead atoms. The first-order chi connectivity index (χ1) is 10.7. The summed E-state index contributed by atoms with van der Waals surface area (Å²) in [5, 5.41) is 10.3. The van der Waals surface area contributed by atoms with Gasteiger partial charge in [-0.1, -0.05) is 5.21 Å². The third-order valence-electron chi connectivity index (χ3n) is 3.16. The predicted octanol–water partition coefficient (Wildman–Crippen LogP) is 2.24. The number of hydrogen-bond acceptors (Lipinski definition) is 3. The van der Waals surface area contributed by atoms with Crippen LogP contribution in [0.5, 0.6) is 0 Å². The van der Waals surface area contributed by atoms with E-state index in [0.29, 0.717) is 17.9 Å². The molecule has 7 heteroatoms. The van der Waals surface area contributed by atoms with Crippen LogP contribution in [0.2, 0.25) is 0 Å². The standard InChI is InChI=1S/C15H14FN5O/c16-12-3-4-13(14(11-12)20-7-1-2-8-20)18-15(22)5-9-21-10-6-17-19-21/h1-4,6-8,10-11H,5,9H2,(H,18,22). The SMILES string of the molecule is O=C(CCn1ccnn1)Nc1ccc(F)cc1-n1cccc1. The van der Waals surface area contributed by atoms with Gasteiger partial charge in [0, 0.05) is 25.0 Å². The highest BCUT2D eigenvalue weighted by molar-refractivity contribution is 5.92. The molecule has 1 aromatic carbocycles. The highest BCUT2D eigenvalue weighted by Gasteiger charge is 2.09. The molecule has 0 aliphatic heterocycles. The van der Waals surface area contributed by atoms with Crippen molar-refractivity contribution in [2.45, 2.75) is 13.0 Å². The summed E-state index contributed by atoms with van der Waals surface area (Å²) in [6.07, 6.45) is 7.09. The van der Waals surface area contributed by atoms with Gasteiger partial charge in [-0.3, -0.25) is 9.48 Å². The Morgan fingerprint density at radius 3 is 2.77 bits per heavy atom. The van der Waals surface area contributed by atoms with Gasteiger partial charge in [-0.15, -0.1) is 5.10 Å². The second-order valence-corrected chi connectivity index (χ2v) is 4.72. The van der Waals surface area contributed by atoms with Crippen molar-refractivity contribution in [1.82, 2.24) is 19.6 Å². The van der Waals surface area contributed by atoms with E-state index < -0.39 is 0 Å². The maximum atomic E-state index is 13.5. The molecule has 0 aliphatic carbocycles. The average Bonchev–Trinajstić information content (AvgIpc) is 3.20. The van der Waals surface area contributed by atoms with Gasteiger partial charge < -0.3 is 9.88 Å². The van der Waals surface area contributed by atoms with Crippen LogP contribution in [0.1, 0.15) is 6.42 Å². The van der Waals surface area contributed by atoms with E-state index in [-0.39, 0.29) is 18.1 Å². The molecule has 0 unspecified atom stereocenters. The molecule has 2 aromatic heterocycles. The number of carbonyl (C=O) groups is 1. The van der Waals surface area contributed by atoms with Crippen molar-refractivity contribution in [3.63, 3.8) is 0 Å². The van der Waals surface area contributed by atoms with Crippen LogP contribution in [-0.4, -0.2) is 25.5 Å².